The van der Waals surface area contributed by atoms with Crippen LogP contribution in [0.4, 0.5) is 14.6 Å². The molecule has 4 N–H and O–H groups in total. The number of aromatic nitrogens is 2. The Kier molecular flexibility index (Phi) is 5.65. The summed E-state index contributed by atoms with van der Waals surface area (Å²) in [5.74, 6) is -0.730. The summed E-state index contributed by atoms with van der Waals surface area (Å²) in [4.78, 5) is 4.24. The van der Waals surface area contributed by atoms with Crippen molar-refractivity contribution in [2.45, 2.75) is 32.8 Å². The van der Waals surface area contributed by atoms with Crippen molar-refractivity contribution in [2.24, 2.45) is 0 Å². The normalized spacial score (nSPS) is 17.1. The van der Waals surface area contributed by atoms with Gasteiger partial charge in [0, 0.05) is 59.8 Å². The monoisotopic (exact) mass is 439 g/mol. The highest BCUT2D eigenvalue weighted by Gasteiger charge is 2.27. The van der Waals surface area contributed by atoms with Gasteiger partial charge in [-0.05, 0) is 25.5 Å². The van der Waals surface area contributed by atoms with E-state index in [0.29, 0.717) is 29.0 Å². The number of pyridine rings is 1. The Balaban J connectivity index is 2.02. The minimum absolute atomic E-state index is 0.0551. The van der Waals surface area contributed by atoms with Crippen molar-refractivity contribution in [3.05, 3.63) is 70.4 Å². The maximum absolute atomic E-state index is 15.0. The molecule has 1 aromatic carbocycles. The number of allylic oxidation sites excluding steroid dienone is 1. The number of anilines is 1. The maximum atomic E-state index is 15.0. The van der Waals surface area contributed by atoms with Crippen LogP contribution in [0.3, 0.4) is 0 Å². The molecule has 0 saturated carbocycles. The third-order valence-electron chi connectivity index (χ3n) is 5.41. The molecule has 1 aliphatic heterocycles. The predicted octanol–water partition coefficient (Wildman–Crippen LogP) is 4.33. The first-order valence-electron chi connectivity index (χ1n) is 10.2. The van der Waals surface area contributed by atoms with Gasteiger partial charge in [-0.15, -0.1) is 0 Å². The van der Waals surface area contributed by atoms with Crippen LogP contribution >= 0.6 is 0 Å². The second-order valence-electron chi connectivity index (χ2n) is 7.51. The fourth-order valence-corrected chi connectivity index (χ4v) is 3.89. The van der Waals surface area contributed by atoms with E-state index in [1.165, 1.54) is 6.07 Å². The Morgan fingerprint density at radius 1 is 1.28 bits per heavy atom. The van der Waals surface area contributed by atoms with Gasteiger partial charge in [-0.1, -0.05) is 12.1 Å². The number of aryl methyl sites for hydroxylation is 1. The van der Waals surface area contributed by atoms with Gasteiger partial charge in [-0.3, -0.25) is 5.41 Å². The van der Waals surface area contributed by atoms with Crippen molar-refractivity contribution in [1.29, 1.82) is 5.41 Å². The summed E-state index contributed by atoms with van der Waals surface area (Å²) in [6.45, 7) is 3.59. The molecule has 1 aliphatic rings. The van der Waals surface area contributed by atoms with E-state index in [9.17, 15) is 8.78 Å². The third kappa shape index (κ3) is 3.70. The first kappa shape index (κ1) is 21.5. The van der Waals surface area contributed by atoms with E-state index in [2.05, 4.69) is 15.5 Å². The zero-order valence-corrected chi connectivity index (χ0v) is 17.9. The standard InChI is InChI=1S/C23H23F2N5O2/c1-4-17-20-12-5-19(23(27)29-10-12)31-11(2)15-7-14(24)8-16(25)21(15)22(26)13(9-28-3)6-18(20)32-30-17/h5,7-11,26,28H,4,6H2,1-3H3,(H2,27,29)/b13-9-,26-22?/t11-/m1/s1. The zero-order chi connectivity index (χ0) is 23.0. The number of rotatable bonds is 2. The van der Waals surface area contributed by atoms with Crippen molar-refractivity contribution in [3.8, 4) is 16.9 Å². The smallest absolute Gasteiger partial charge is 0.166 e. The molecule has 0 fully saturated rings. The quantitative estimate of drug-likeness (QED) is 0.548. The van der Waals surface area contributed by atoms with Crippen LogP contribution in [0, 0.1) is 17.0 Å². The van der Waals surface area contributed by atoms with Crippen molar-refractivity contribution in [3.63, 3.8) is 0 Å². The lowest BCUT2D eigenvalue weighted by Crippen LogP contribution is -2.18. The van der Waals surface area contributed by atoms with E-state index in [-0.39, 0.29) is 34.8 Å². The molecule has 0 amide bonds. The summed E-state index contributed by atoms with van der Waals surface area (Å²) in [6.07, 6.45) is 3.16. The molecule has 166 valence electrons. The molecule has 9 heteroatoms. The highest BCUT2D eigenvalue weighted by Crippen LogP contribution is 2.37. The van der Waals surface area contributed by atoms with Gasteiger partial charge in [0.1, 0.15) is 23.5 Å². The minimum Gasteiger partial charge on any atom is -0.482 e. The number of nitrogen functional groups attached to an aromatic ring is 1. The predicted molar refractivity (Wildman–Crippen MR) is 117 cm³/mol. The molecule has 2 bridgehead atoms. The van der Waals surface area contributed by atoms with Crippen molar-refractivity contribution in [1.82, 2.24) is 15.5 Å². The summed E-state index contributed by atoms with van der Waals surface area (Å²) in [7, 11) is 1.68. The largest absolute Gasteiger partial charge is 0.482 e. The van der Waals surface area contributed by atoms with E-state index >= 15 is 0 Å². The number of benzene rings is 1. The molecule has 2 aromatic heterocycles. The molecule has 32 heavy (non-hydrogen) atoms. The van der Waals surface area contributed by atoms with Crippen LogP contribution < -0.4 is 15.8 Å². The van der Waals surface area contributed by atoms with E-state index in [1.807, 2.05) is 6.92 Å². The van der Waals surface area contributed by atoms with Gasteiger partial charge in [-0.25, -0.2) is 13.8 Å². The van der Waals surface area contributed by atoms with Crippen LogP contribution in [0.15, 0.2) is 40.7 Å². The lowest BCUT2D eigenvalue weighted by atomic mass is 9.91. The number of nitrogens with two attached hydrogens (primary N) is 1. The summed E-state index contributed by atoms with van der Waals surface area (Å²) in [5, 5.41) is 15.9. The molecule has 4 rings (SSSR count). The number of hydrogen-bond donors (Lipinski definition) is 3. The molecule has 0 radical (unpaired) electrons. The highest BCUT2D eigenvalue weighted by atomic mass is 19.1. The fraction of sp³-hybridized carbons (Fsp3) is 0.261. The summed E-state index contributed by atoms with van der Waals surface area (Å²) in [6, 6.07) is 3.65. The topological polar surface area (TPSA) is 110 Å². The Morgan fingerprint density at radius 2 is 2.06 bits per heavy atom. The van der Waals surface area contributed by atoms with Gasteiger partial charge in [0.2, 0.25) is 0 Å². The first-order chi connectivity index (χ1) is 15.3. The number of ether oxygens (including phenoxy) is 1. The third-order valence-corrected chi connectivity index (χ3v) is 5.41. The Morgan fingerprint density at radius 3 is 2.78 bits per heavy atom. The van der Waals surface area contributed by atoms with Crippen molar-refractivity contribution >= 4 is 11.5 Å². The van der Waals surface area contributed by atoms with E-state index in [1.54, 1.807) is 32.4 Å². The molecule has 3 aromatic rings. The summed E-state index contributed by atoms with van der Waals surface area (Å²) >= 11 is 0. The van der Waals surface area contributed by atoms with E-state index < -0.39 is 17.7 Å². The van der Waals surface area contributed by atoms with Crippen molar-refractivity contribution in [2.75, 3.05) is 12.8 Å². The van der Waals surface area contributed by atoms with Gasteiger partial charge in [0.05, 0.1) is 11.4 Å². The molecule has 1 atom stereocenters. The second-order valence-corrected chi connectivity index (χ2v) is 7.51. The number of hydrogen-bond acceptors (Lipinski definition) is 7. The SMILES string of the molecule is CCc1noc2c1-c1cnc(N)c(c1)O[C@H](C)c1cc(F)cc(F)c1C(=N)/C(=C\NC)C2. The Hall–Kier alpha value is -3.75. The maximum Gasteiger partial charge on any atom is 0.166 e. The van der Waals surface area contributed by atoms with Crippen molar-refractivity contribution < 1.29 is 18.0 Å². The lowest BCUT2D eigenvalue weighted by Gasteiger charge is -2.22. The molecule has 0 unspecified atom stereocenters. The molecular formula is C23H23F2N5O2. The van der Waals surface area contributed by atoms with Gasteiger partial charge < -0.3 is 20.3 Å². The molecule has 0 spiro atoms. The average Bonchev–Trinajstić information content (AvgIpc) is 3.16. The van der Waals surface area contributed by atoms with Gasteiger partial charge in [-0.2, -0.15) is 0 Å². The summed E-state index contributed by atoms with van der Waals surface area (Å²) < 4.78 is 40.8. The molecule has 0 saturated heterocycles. The van der Waals surface area contributed by atoms with Crippen LogP contribution in [-0.4, -0.2) is 22.9 Å². The molecule has 3 heterocycles. The van der Waals surface area contributed by atoms with Gasteiger partial charge in [0.15, 0.2) is 11.6 Å². The van der Waals surface area contributed by atoms with Crippen LogP contribution in [0.25, 0.3) is 11.1 Å². The van der Waals surface area contributed by atoms with Crippen LogP contribution in [0.2, 0.25) is 0 Å². The van der Waals surface area contributed by atoms with E-state index in [0.717, 1.165) is 11.6 Å². The molecule has 7 nitrogen and oxygen atoms in total. The highest BCUT2D eigenvalue weighted by molar-refractivity contribution is 6.12. The minimum atomic E-state index is -0.855. The average molecular weight is 439 g/mol. The zero-order valence-electron chi connectivity index (χ0n) is 17.9. The first-order valence-corrected chi connectivity index (χ1v) is 10.2. The summed E-state index contributed by atoms with van der Waals surface area (Å²) in [5.41, 5.74) is 8.62. The lowest BCUT2D eigenvalue weighted by molar-refractivity contribution is 0.226. The van der Waals surface area contributed by atoms with Gasteiger partial charge in [0.25, 0.3) is 0 Å². The number of nitrogens with one attached hydrogen (secondary N) is 2. The van der Waals surface area contributed by atoms with Crippen LogP contribution in [0.5, 0.6) is 5.75 Å². The molecular weight excluding hydrogens is 416 g/mol. The number of fused-ring (bicyclic) bond motifs is 5. The number of halogens is 2. The van der Waals surface area contributed by atoms with E-state index in [4.69, 9.17) is 20.4 Å². The van der Waals surface area contributed by atoms with Gasteiger partial charge >= 0.3 is 0 Å². The van der Waals surface area contributed by atoms with Crippen LogP contribution in [0.1, 0.15) is 42.5 Å². The Labute approximate surface area is 183 Å². The second kappa shape index (κ2) is 8.41. The molecule has 0 aliphatic carbocycles. The number of nitrogens with zero attached hydrogens (tertiary/aromatic N) is 2. The Bertz CT molecular complexity index is 1240. The van der Waals surface area contributed by atoms with Crippen LogP contribution in [-0.2, 0) is 12.8 Å². The fourth-order valence-electron chi connectivity index (χ4n) is 3.89.